The highest BCUT2D eigenvalue weighted by Crippen LogP contribution is 2.19. The fourth-order valence-electron chi connectivity index (χ4n) is 1.68. The van der Waals surface area contributed by atoms with Crippen LogP contribution in [0.3, 0.4) is 0 Å². The molecule has 2 aromatic rings. The maximum absolute atomic E-state index is 11.7. The molecule has 0 spiro atoms. The molecular weight excluding hydrogens is 242 g/mol. The van der Waals surface area contributed by atoms with Gasteiger partial charge in [0, 0.05) is 11.9 Å². The zero-order valence-electron chi connectivity index (χ0n) is 11.1. The third-order valence-corrected chi connectivity index (χ3v) is 2.60. The van der Waals surface area contributed by atoms with Crippen molar-refractivity contribution < 1.29 is 9.53 Å². The maximum Gasteiger partial charge on any atom is 0.343 e. The van der Waals surface area contributed by atoms with E-state index in [1.165, 1.54) is 13.3 Å². The average Bonchev–Trinajstić information content (AvgIpc) is 2.38. The standard InChI is InChI=1S/C14H15N3O2/c1-9-5-4-6-11(7-9)17-13-12(14(18)19-3)8-15-10(2)16-13/h4-8H,1-3H3,(H,15,16,17). The van der Waals surface area contributed by atoms with Crippen molar-refractivity contribution in [2.24, 2.45) is 0 Å². The highest BCUT2D eigenvalue weighted by molar-refractivity contribution is 5.95. The van der Waals surface area contributed by atoms with Gasteiger partial charge in [-0.3, -0.25) is 0 Å². The molecule has 19 heavy (non-hydrogen) atoms. The van der Waals surface area contributed by atoms with Crippen LogP contribution in [0.2, 0.25) is 0 Å². The second-order valence-electron chi connectivity index (χ2n) is 4.17. The Morgan fingerprint density at radius 1 is 1.32 bits per heavy atom. The average molecular weight is 257 g/mol. The Hall–Kier alpha value is -2.43. The first-order valence-electron chi connectivity index (χ1n) is 5.86. The van der Waals surface area contributed by atoms with Crippen LogP contribution in [-0.2, 0) is 4.74 Å². The zero-order chi connectivity index (χ0) is 13.8. The number of anilines is 2. The van der Waals surface area contributed by atoms with E-state index in [9.17, 15) is 4.79 Å². The number of hydrogen-bond donors (Lipinski definition) is 1. The molecule has 0 atom stereocenters. The Morgan fingerprint density at radius 3 is 2.79 bits per heavy atom. The number of benzene rings is 1. The van der Waals surface area contributed by atoms with Crippen LogP contribution in [0, 0.1) is 13.8 Å². The van der Waals surface area contributed by atoms with Crippen LogP contribution in [-0.4, -0.2) is 23.0 Å². The molecule has 1 N–H and O–H groups in total. The zero-order valence-corrected chi connectivity index (χ0v) is 11.1. The lowest BCUT2D eigenvalue weighted by atomic mass is 10.2. The molecule has 98 valence electrons. The number of esters is 1. The number of ether oxygens (including phenoxy) is 1. The lowest BCUT2D eigenvalue weighted by Gasteiger charge is -2.10. The normalized spacial score (nSPS) is 10.1. The van der Waals surface area contributed by atoms with Gasteiger partial charge in [0.25, 0.3) is 0 Å². The van der Waals surface area contributed by atoms with E-state index in [4.69, 9.17) is 4.74 Å². The van der Waals surface area contributed by atoms with Crippen molar-refractivity contribution in [3.8, 4) is 0 Å². The van der Waals surface area contributed by atoms with E-state index >= 15 is 0 Å². The minimum absolute atomic E-state index is 0.314. The van der Waals surface area contributed by atoms with E-state index in [2.05, 4.69) is 15.3 Å². The van der Waals surface area contributed by atoms with Crippen LogP contribution in [0.4, 0.5) is 11.5 Å². The number of aryl methyl sites for hydroxylation is 2. The van der Waals surface area contributed by atoms with Crippen molar-refractivity contribution in [2.45, 2.75) is 13.8 Å². The SMILES string of the molecule is COC(=O)c1cnc(C)nc1Nc1cccc(C)c1. The number of nitrogens with zero attached hydrogens (tertiary/aromatic N) is 2. The van der Waals surface area contributed by atoms with Crippen molar-refractivity contribution in [2.75, 3.05) is 12.4 Å². The van der Waals surface area contributed by atoms with Gasteiger partial charge >= 0.3 is 5.97 Å². The molecule has 0 aliphatic rings. The Bertz CT molecular complexity index is 611. The summed E-state index contributed by atoms with van der Waals surface area (Å²) in [4.78, 5) is 19.9. The van der Waals surface area contributed by atoms with Gasteiger partial charge in [-0.15, -0.1) is 0 Å². The minimum Gasteiger partial charge on any atom is -0.465 e. The van der Waals surface area contributed by atoms with Crippen molar-refractivity contribution >= 4 is 17.5 Å². The van der Waals surface area contributed by atoms with E-state index in [0.717, 1.165) is 11.3 Å². The van der Waals surface area contributed by atoms with Gasteiger partial charge in [0.05, 0.1) is 7.11 Å². The molecule has 0 saturated heterocycles. The van der Waals surface area contributed by atoms with Crippen LogP contribution in [0.15, 0.2) is 30.5 Å². The van der Waals surface area contributed by atoms with Gasteiger partial charge in [-0.25, -0.2) is 14.8 Å². The molecule has 0 fully saturated rings. The van der Waals surface area contributed by atoms with Gasteiger partial charge in [-0.05, 0) is 31.5 Å². The van der Waals surface area contributed by atoms with E-state index in [1.54, 1.807) is 6.92 Å². The van der Waals surface area contributed by atoms with Crippen LogP contribution in [0.1, 0.15) is 21.7 Å². The lowest BCUT2D eigenvalue weighted by molar-refractivity contribution is 0.0601. The van der Waals surface area contributed by atoms with Crippen molar-refractivity contribution in [1.82, 2.24) is 9.97 Å². The molecule has 1 aromatic carbocycles. The fraction of sp³-hybridized carbons (Fsp3) is 0.214. The predicted molar refractivity (Wildman–Crippen MR) is 72.6 cm³/mol. The quantitative estimate of drug-likeness (QED) is 0.856. The summed E-state index contributed by atoms with van der Waals surface area (Å²) in [6.07, 6.45) is 1.46. The molecule has 2 rings (SSSR count). The number of nitrogens with one attached hydrogen (secondary N) is 1. The summed E-state index contributed by atoms with van der Waals surface area (Å²) >= 11 is 0. The number of rotatable bonds is 3. The van der Waals surface area contributed by atoms with Crippen molar-refractivity contribution in [1.29, 1.82) is 0 Å². The fourth-order valence-corrected chi connectivity index (χ4v) is 1.68. The first-order valence-corrected chi connectivity index (χ1v) is 5.86. The Labute approximate surface area is 111 Å². The molecule has 0 amide bonds. The molecule has 0 aliphatic carbocycles. The van der Waals surface area contributed by atoms with Gasteiger partial charge in [0.15, 0.2) is 0 Å². The number of carbonyl (C=O) groups is 1. The van der Waals surface area contributed by atoms with E-state index < -0.39 is 5.97 Å². The summed E-state index contributed by atoms with van der Waals surface area (Å²) in [7, 11) is 1.33. The van der Waals surface area contributed by atoms with Crippen LogP contribution in [0.5, 0.6) is 0 Å². The molecule has 5 heteroatoms. The smallest absolute Gasteiger partial charge is 0.343 e. The summed E-state index contributed by atoms with van der Waals surface area (Å²) in [6.45, 7) is 3.76. The number of methoxy groups -OCH3 is 1. The third kappa shape index (κ3) is 3.07. The first-order chi connectivity index (χ1) is 9.10. The molecule has 1 aromatic heterocycles. The summed E-state index contributed by atoms with van der Waals surface area (Å²) in [5.74, 6) is 0.572. The summed E-state index contributed by atoms with van der Waals surface area (Å²) in [5.41, 5.74) is 2.30. The Balaban J connectivity index is 2.38. The van der Waals surface area contributed by atoms with Crippen LogP contribution in [0.25, 0.3) is 0 Å². The van der Waals surface area contributed by atoms with Gasteiger partial charge in [0.1, 0.15) is 17.2 Å². The molecule has 0 aliphatic heterocycles. The maximum atomic E-state index is 11.7. The lowest BCUT2D eigenvalue weighted by Crippen LogP contribution is -2.09. The first kappa shape index (κ1) is 13.0. The Kier molecular flexibility index (Phi) is 3.75. The second-order valence-corrected chi connectivity index (χ2v) is 4.17. The highest BCUT2D eigenvalue weighted by atomic mass is 16.5. The highest BCUT2D eigenvalue weighted by Gasteiger charge is 2.14. The van der Waals surface area contributed by atoms with E-state index in [1.807, 2.05) is 31.2 Å². The van der Waals surface area contributed by atoms with Crippen molar-refractivity contribution in [3.63, 3.8) is 0 Å². The van der Waals surface area contributed by atoms with Gasteiger partial charge in [0.2, 0.25) is 0 Å². The molecule has 0 unspecified atom stereocenters. The number of hydrogen-bond acceptors (Lipinski definition) is 5. The van der Waals surface area contributed by atoms with Crippen molar-refractivity contribution in [3.05, 3.63) is 47.4 Å². The molecule has 1 heterocycles. The topological polar surface area (TPSA) is 64.1 Å². The molecule has 0 saturated carbocycles. The van der Waals surface area contributed by atoms with E-state index in [0.29, 0.717) is 17.2 Å². The van der Waals surface area contributed by atoms with E-state index in [-0.39, 0.29) is 0 Å². The largest absolute Gasteiger partial charge is 0.465 e. The molecule has 0 bridgehead atoms. The second kappa shape index (κ2) is 5.48. The minimum atomic E-state index is -0.463. The third-order valence-electron chi connectivity index (χ3n) is 2.60. The van der Waals surface area contributed by atoms with Gasteiger partial charge < -0.3 is 10.1 Å². The Morgan fingerprint density at radius 2 is 2.11 bits per heavy atom. The van der Waals surface area contributed by atoms with Crippen LogP contribution < -0.4 is 5.32 Å². The summed E-state index contributed by atoms with van der Waals surface area (Å²) in [5, 5.41) is 3.12. The van der Waals surface area contributed by atoms with Gasteiger partial charge in [-0.1, -0.05) is 12.1 Å². The van der Waals surface area contributed by atoms with Gasteiger partial charge in [-0.2, -0.15) is 0 Å². The summed E-state index contributed by atoms with van der Waals surface area (Å²) < 4.78 is 4.72. The molecule has 0 radical (unpaired) electrons. The van der Waals surface area contributed by atoms with Crippen LogP contribution >= 0.6 is 0 Å². The molecule has 5 nitrogen and oxygen atoms in total. The monoisotopic (exact) mass is 257 g/mol. The number of aromatic nitrogens is 2. The number of carbonyl (C=O) groups excluding carboxylic acids is 1. The molecular formula is C14H15N3O2. The predicted octanol–water partition coefficient (Wildman–Crippen LogP) is 2.62. The summed E-state index contributed by atoms with van der Waals surface area (Å²) in [6, 6.07) is 7.81.